The van der Waals surface area contributed by atoms with Gasteiger partial charge in [0.15, 0.2) is 0 Å². The van der Waals surface area contributed by atoms with Crippen molar-refractivity contribution in [1.29, 1.82) is 0 Å². The summed E-state index contributed by atoms with van der Waals surface area (Å²) in [5, 5.41) is 11.6. The van der Waals surface area contributed by atoms with E-state index in [9.17, 15) is 14.7 Å². The van der Waals surface area contributed by atoms with Gasteiger partial charge in [0.25, 0.3) is 11.7 Å². The highest BCUT2D eigenvalue weighted by Crippen LogP contribution is 2.40. The van der Waals surface area contributed by atoms with E-state index in [0.717, 1.165) is 6.54 Å². The van der Waals surface area contributed by atoms with E-state index in [2.05, 4.69) is 6.58 Å². The van der Waals surface area contributed by atoms with Gasteiger partial charge in [0, 0.05) is 17.1 Å². The molecule has 7 heteroatoms. The Labute approximate surface area is 193 Å². The van der Waals surface area contributed by atoms with E-state index < -0.39 is 17.7 Å². The van der Waals surface area contributed by atoms with Crippen LogP contribution in [-0.2, 0) is 9.59 Å². The normalized spacial score (nSPS) is 17.8. The number of likely N-dealkylation sites (tertiary alicyclic amines) is 1. The molecule has 3 rings (SSSR count). The van der Waals surface area contributed by atoms with Gasteiger partial charge in [-0.15, -0.1) is 0 Å². The van der Waals surface area contributed by atoms with Gasteiger partial charge in [0.1, 0.15) is 18.1 Å². The summed E-state index contributed by atoms with van der Waals surface area (Å²) in [5.74, 6) is -0.961. The third-order valence-electron chi connectivity index (χ3n) is 5.20. The summed E-state index contributed by atoms with van der Waals surface area (Å²) >= 11 is 5.97. The lowest BCUT2D eigenvalue weighted by Crippen LogP contribution is -2.32. The van der Waals surface area contributed by atoms with Crippen LogP contribution >= 0.6 is 11.6 Å². The van der Waals surface area contributed by atoms with Gasteiger partial charge in [-0.25, -0.2) is 0 Å². The molecule has 0 saturated carbocycles. The number of aliphatic hydroxyl groups is 1. The van der Waals surface area contributed by atoms with Crippen LogP contribution in [0.2, 0.25) is 5.02 Å². The molecule has 0 radical (unpaired) electrons. The average Bonchev–Trinajstić information content (AvgIpc) is 3.02. The molecule has 2 aromatic carbocycles. The lowest BCUT2D eigenvalue weighted by Gasteiger charge is -2.26. The predicted octanol–water partition coefficient (Wildman–Crippen LogP) is 4.28. The van der Waals surface area contributed by atoms with Gasteiger partial charge in [-0.3, -0.25) is 9.59 Å². The predicted molar refractivity (Wildman–Crippen MR) is 126 cm³/mol. The molecule has 1 saturated heterocycles. The number of ether oxygens (including phenoxy) is 1. The quantitative estimate of drug-likeness (QED) is 0.265. The lowest BCUT2D eigenvalue weighted by atomic mass is 9.95. The van der Waals surface area contributed by atoms with Crippen LogP contribution in [0.4, 0.5) is 0 Å². The van der Waals surface area contributed by atoms with Gasteiger partial charge in [-0.1, -0.05) is 36.4 Å². The number of benzene rings is 2. The number of nitrogens with zero attached hydrogens (tertiary/aromatic N) is 2. The van der Waals surface area contributed by atoms with E-state index in [0.29, 0.717) is 41.5 Å². The first-order valence-electron chi connectivity index (χ1n) is 10.4. The second kappa shape index (κ2) is 10.5. The van der Waals surface area contributed by atoms with Crippen molar-refractivity contribution in [1.82, 2.24) is 9.80 Å². The summed E-state index contributed by atoms with van der Waals surface area (Å²) in [6.45, 7) is 5.12. The smallest absolute Gasteiger partial charge is 0.295 e. The number of hydrogen-bond donors (Lipinski definition) is 1. The van der Waals surface area contributed by atoms with E-state index >= 15 is 0 Å². The molecule has 1 atom stereocenters. The fourth-order valence-electron chi connectivity index (χ4n) is 3.71. The molecular weight excluding hydrogens is 428 g/mol. The summed E-state index contributed by atoms with van der Waals surface area (Å²) in [6.07, 6.45) is 2.32. The van der Waals surface area contributed by atoms with Crippen LogP contribution in [-0.4, -0.2) is 60.4 Å². The molecule has 6 nitrogen and oxygen atoms in total. The molecule has 2 aromatic rings. The lowest BCUT2D eigenvalue weighted by molar-refractivity contribution is -0.139. The minimum atomic E-state index is -0.722. The monoisotopic (exact) mass is 454 g/mol. The van der Waals surface area contributed by atoms with E-state index in [1.165, 1.54) is 4.90 Å². The molecule has 0 aromatic heterocycles. The van der Waals surface area contributed by atoms with Crippen LogP contribution in [0.5, 0.6) is 5.75 Å². The highest BCUT2D eigenvalue weighted by molar-refractivity contribution is 6.46. The number of aliphatic hydroxyl groups excluding tert-OH is 1. The molecule has 0 spiro atoms. The Hall–Kier alpha value is -3.09. The molecule has 168 valence electrons. The average molecular weight is 455 g/mol. The third-order valence-corrected chi connectivity index (χ3v) is 5.46. The van der Waals surface area contributed by atoms with E-state index in [4.69, 9.17) is 16.3 Å². The van der Waals surface area contributed by atoms with Crippen LogP contribution in [0.1, 0.15) is 23.6 Å². The second-order valence-corrected chi connectivity index (χ2v) is 8.26. The maximum atomic E-state index is 13.0. The first kappa shape index (κ1) is 23.6. The minimum Gasteiger partial charge on any atom is -0.507 e. The van der Waals surface area contributed by atoms with Gasteiger partial charge < -0.3 is 19.6 Å². The van der Waals surface area contributed by atoms with Crippen molar-refractivity contribution < 1.29 is 19.4 Å². The van der Waals surface area contributed by atoms with Crippen molar-refractivity contribution in [3.8, 4) is 5.75 Å². The molecule has 1 N–H and O–H groups in total. The molecule has 32 heavy (non-hydrogen) atoms. The number of rotatable bonds is 9. The Bertz CT molecular complexity index is 1030. The van der Waals surface area contributed by atoms with Crippen LogP contribution in [0.25, 0.3) is 5.76 Å². The third kappa shape index (κ3) is 5.21. The van der Waals surface area contributed by atoms with E-state index in [1.54, 1.807) is 48.5 Å². The van der Waals surface area contributed by atoms with Gasteiger partial charge in [-0.05, 0) is 69.0 Å². The van der Waals surface area contributed by atoms with E-state index in [1.807, 2.05) is 25.1 Å². The van der Waals surface area contributed by atoms with Crippen LogP contribution < -0.4 is 4.74 Å². The zero-order valence-electron chi connectivity index (χ0n) is 18.3. The van der Waals surface area contributed by atoms with Crippen molar-refractivity contribution in [2.75, 3.05) is 33.8 Å². The summed E-state index contributed by atoms with van der Waals surface area (Å²) in [5.41, 5.74) is 1.17. The topological polar surface area (TPSA) is 70.1 Å². The Morgan fingerprint density at radius 2 is 1.94 bits per heavy atom. The Morgan fingerprint density at radius 3 is 2.59 bits per heavy atom. The summed E-state index contributed by atoms with van der Waals surface area (Å²) in [6, 6.07) is 13.0. The van der Waals surface area contributed by atoms with Crippen molar-refractivity contribution in [2.24, 2.45) is 0 Å². The van der Waals surface area contributed by atoms with E-state index in [-0.39, 0.29) is 11.3 Å². The molecule has 0 aliphatic carbocycles. The number of amides is 1. The Morgan fingerprint density at radius 1 is 1.22 bits per heavy atom. The molecular formula is C25H27ClN2O4. The van der Waals surface area contributed by atoms with Crippen LogP contribution in [0.3, 0.4) is 0 Å². The number of halogens is 1. The minimum absolute atomic E-state index is 0.0584. The standard InChI is InChI=1S/C25H27ClN2O4/c1-4-15-32-20-8-5-7-18(16-20)22-21(23(29)17-9-11-19(26)12-10-17)24(30)25(31)28(22)14-6-13-27(2)3/h4-5,7-12,16,22,29H,1,6,13-15H2,2-3H3/b23-21+/t22-/m0/s1. The number of ketones is 1. The van der Waals surface area contributed by atoms with Crippen molar-refractivity contribution in [3.05, 3.63) is 82.9 Å². The summed E-state index contributed by atoms with van der Waals surface area (Å²) in [7, 11) is 3.90. The largest absolute Gasteiger partial charge is 0.507 e. The Balaban J connectivity index is 2.08. The van der Waals surface area contributed by atoms with Gasteiger partial charge in [-0.2, -0.15) is 0 Å². The number of carbonyl (C=O) groups is 2. The fraction of sp³-hybridized carbons (Fsp3) is 0.280. The molecule has 1 aliphatic heterocycles. The molecule has 1 fully saturated rings. The van der Waals surface area contributed by atoms with Crippen molar-refractivity contribution in [3.63, 3.8) is 0 Å². The van der Waals surface area contributed by atoms with Crippen molar-refractivity contribution >= 4 is 29.1 Å². The molecule has 1 heterocycles. The molecule has 1 amide bonds. The Kier molecular flexibility index (Phi) is 7.72. The van der Waals surface area contributed by atoms with Gasteiger partial charge in [0.05, 0.1) is 11.6 Å². The number of hydrogen-bond acceptors (Lipinski definition) is 5. The number of carbonyl (C=O) groups excluding carboxylic acids is 2. The maximum Gasteiger partial charge on any atom is 0.295 e. The zero-order valence-corrected chi connectivity index (χ0v) is 19.0. The maximum absolute atomic E-state index is 13.0. The summed E-state index contributed by atoms with van der Waals surface area (Å²) in [4.78, 5) is 29.6. The molecule has 0 bridgehead atoms. The van der Waals surface area contributed by atoms with Crippen molar-refractivity contribution in [2.45, 2.75) is 12.5 Å². The number of Topliss-reactive ketones (excluding diaryl/α,β-unsaturated/α-hetero) is 1. The van der Waals surface area contributed by atoms with Gasteiger partial charge >= 0.3 is 0 Å². The van der Waals surface area contributed by atoms with Crippen LogP contribution in [0.15, 0.2) is 66.8 Å². The SMILES string of the molecule is C=CCOc1cccc([C@H]2/C(=C(\O)c3ccc(Cl)cc3)C(=O)C(=O)N2CCCN(C)C)c1. The first-order chi connectivity index (χ1) is 15.3. The summed E-state index contributed by atoms with van der Waals surface area (Å²) < 4.78 is 5.64. The molecule has 0 unspecified atom stereocenters. The highest BCUT2D eigenvalue weighted by atomic mass is 35.5. The molecule has 1 aliphatic rings. The highest BCUT2D eigenvalue weighted by Gasteiger charge is 2.45. The van der Waals surface area contributed by atoms with Crippen LogP contribution in [0, 0.1) is 0 Å². The zero-order chi connectivity index (χ0) is 23.3. The first-order valence-corrected chi connectivity index (χ1v) is 10.7. The fourth-order valence-corrected chi connectivity index (χ4v) is 3.83. The second-order valence-electron chi connectivity index (χ2n) is 7.83. The van der Waals surface area contributed by atoms with Gasteiger partial charge in [0.2, 0.25) is 0 Å².